The molecule has 0 aliphatic carbocycles. The molecule has 28 heavy (non-hydrogen) atoms. The number of benzene rings is 2. The molecule has 0 aliphatic rings. The van der Waals surface area contributed by atoms with E-state index in [-0.39, 0.29) is 11.2 Å². The molecule has 0 heterocycles. The molecule has 0 N–H and O–H groups in total. The molecule has 2 aromatic rings. The molecule has 2 rings (SSSR count). The smallest absolute Gasteiger partial charge is 0.423 e. The van der Waals surface area contributed by atoms with E-state index in [1.54, 1.807) is 24.3 Å². The van der Waals surface area contributed by atoms with Crippen molar-refractivity contribution in [2.45, 2.75) is 38.0 Å². The van der Waals surface area contributed by atoms with E-state index in [1.165, 1.54) is 0 Å². The highest BCUT2D eigenvalue weighted by atomic mass is 35.5. The van der Waals surface area contributed by atoms with Crippen LogP contribution in [0.3, 0.4) is 0 Å². The van der Waals surface area contributed by atoms with E-state index < -0.39 is 19.0 Å². The van der Waals surface area contributed by atoms with E-state index in [0.29, 0.717) is 12.5 Å². The minimum atomic E-state index is -4.91. The van der Waals surface area contributed by atoms with Crippen molar-refractivity contribution in [3.8, 4) is 11.5 Å². The lowest BCUT2D eigenvalue weighted by Gasteiger charge is -2.26. The molecule has 2 aromatic carbocycles. The lowest BCUT2D eigenvalue weighted by Crippen LogP contribution is -2.30. The van der Waals surface area contributed by atoms with Crippen molar-refractivity contribution >= 4 is 11.6 Å². The Morgan fingerprint density at radius 3 is 1.75 bits per heavy atom. The summed E-state index contributed by atoms with van der Waals surface area (Å²) in [7, 11) is 0. The fourth-order valence-electron chi connectivity index (χ4n) is 2.61. The molecule has 0 amide bonds. The molecule has 0 aliphatic heterocycles. The SMILES string of the molecule is CC(C)(c1ccc(OCCCCl)cc1)c1ccc(OC[C@H](F)C(F)(F)F)cc1. The summed E-state index contributed by atoms with van der Waals surface area (Å²) >= 11 is 5.63. The van der Waals surface area contributed by atoms with Gasteiger partial charge in [0, 0.05) is 11.3 Å². The van der Waals surface area contributed by atoms with E-state index >= 15 is 0 Å². The Labute approximate surface area is 167 Å². The van der Waals surface area contributed by atoms with Gasteiger partial charge in [-0.15, -0.1) is 11.6 Å². The minimum absolute atomic E-state index is 0.189. The Hall–Kier alpha value is -1.95. The Bertz CT molecular complexity index is 728. The normalized spacial score (nSPS) is 13.2. The molecule has 0 spiro atoms. The molecule has 0 aromatic heterocycles. The maximum atomic E-state index is 12.9. The summed E-state index contributed by atoms with van der Waals surface area (Å²) in [5, 5.41) is 0. The highest BCUT2D eigenvalue weighted by Gasteiger charge is 2.40. The average Bonchev–Trinajstić information content (AvgIpc) is 2.66. The van der Waals surface area contributed by atoms with Gasteiger partial charge in [0.05, 0.1) is 6.61 Å². The highest BCUT2D eigenvalue weighted by Crippen LogP contribution is 2.33. The van der Waals surface area contributed by atoms with Crippen LogP contribution >= 0.6 is 11.6 Å². The van der Waals surface area contributed by atoms with Gasteiger partial charge >= 0.3 is 6.18 Å². The molecular weight excluding hydrogens is 396 g/mol. The van der Waals surface area contributed by atoms with Gasteiger partial charge in [-0.05, 0) is 41.8 Å². The first kappa shape index (κ1) is 22.3. The van der Waals surface area contributed by atoms with E-state index in [4.69, 9.17) is 21.1 Å². The second kappa shape index (κ2) is 9.50. The van der Waals surface area contributed by atoms with Gasteiger partial charge in [-0.1, -0.05) is 38.1 Å². The fraction of sp³-hybridized carbons (Fsp3) is 0.429. The number of alkyl halides is 5. The van der Waals surface area contributed by atoms with Crippen molar-refractivity contribution in [2.24, 2.45) is 0 Å². The van der Waals surface area contributed by atoms with Gasteiger partial charge in [0.15, 0.2) is 0 Å². The van der Waals surface area contributed by atoms with Gasteiger partial charge in [0.1, 0.15) is 18.1 Å². The van der Waals surface area contributed by atoms with Crippen LogP contribution in [0.4, 0.5) is 17.6 Å². The summed E-state index contributed by atoms with van der Waals surface area (Å²) in [6.45, 7) is 3.57. The summed E-state index contributed by atoms with van der Waals surface area (Å²) in [6, 6.07) is 14.3. The second-order valence-electron chi connectivity index (χ2n) is 6.88. The summed E-state index contributed by atoms with van der Waals surface area (Å²) in [6.07, 6.45) is -7.15. The number of rotatable bonds is 9. The molecule has 0 saturated heterocycles. The van der Waals surface area contributed by atoms with Crippen molar-refractivity contribution < 1.29 is 27.0 Å². The second-order valence-corrected chi connectivity index (χ2v) is 7.26. The zero-order chi connectivity index (χ0) is 20.8. The van der Waals surface area contributed by atoms with Gasteiger partial charge in [0.25, 0.3) is 0 Å². The van der Waals surface area contributed by atoms with Gasteiger partial charge < -0.3 is 9.47 Å². The maximum absolute atomic E-state index is 12.9. The molecule has 0 unspecified atom stereocenters. The first-order chi connectivity index (χ1) is 13.1. The van der Waals surface area contributed by atoms with Gasteiger partial charge in [-0.2, -0.15) is 13.2 Å². The predicted molar refractivity (Wildman–Crippen MR) is 102 cm³/mol. The van der Waals surface area contributed by atoms with E-state index in [9.17, 15) is 17.6 Å². The Kier molecular flexibility index (Phi) is 7.58. The Balaban J connectivity index is 2.03. The molecule has 0 fully saturated rings. The molecular formula is C21H23ClF4O2. The van der Waals surface area contributed by atoms with Gasteiger partial charge in [-0.3, -0.25) is 0 Å². The minimum Gasteiger partial charge on any atom is -0.494 e. The monoisotopic (exact) mass is 418 g/mol. The Morgan fingerprint density at radius 1 is 0.857 bits per heavy atom. The van der Waals surface area contributed by atoms with Crippen LogP contribution in [0.25, 0.3) is 0 Å². The van der Waals surface area contributed by atoms with E-state index in [2.05, 4.69) is 0 Å². The topological polar surface area (TPSA) is 18.5 Å². The van der Waals surface area contributed by atoms with Crippen LogP contribution < -0.4 is 9.47 Å². The zero-order valence-corrected chi connectivity index (χ0v) is 16.5. The summed E-state index contributed by atoms with van der Waals surface area (Å²) in [4.78, 5) is 0. The summed E-state index contributed by atoms with van der Waals surface area (Å²) in [5.74, 6) is 1.50. The molecule has 154 valence electrons. The number of hydrogen-bond acceptors (Lipinski definition) is 2. The van der Waals surface area contributed by atoms with Crippen LogP contribution in [0.2, 0.25) is 0 Å². The lowest BCUT2D eigenvalue weighted by molar-refractivity contribution is -0.187. The first-order valence-corrected chi connectivity index (χ1v) is 9.41. The van der Waals surface area contributed by atoms with Crippen LogP contribution in [0.1, 0.15) is 31.4 Å². The molecule has 0 bridgehead atoms. The van der Waals surface area contributed by atoms with E-state index in [1.807, 2.05) is 38.1 Å². The predicted octanol–water partition coefficient (Wildman–Crippen LogP) is 6.30. The first-order valence-electron chi connectivity index (χ1n) is 8.88. The summed E-state index contributed by atoms with van der Waals surface area (Å²) < 4.78 is 60.1. The van der Waals surface area contributed by atoms with Crippen LogP contribution in [0, 0.1) is 0 Å². The van der Waals surface area contributed by atoms with Crippen LogP contribution in [0.15, 0.2) is 48.5 Å². The van der Waals surface area contributed by atoms with Crippen molar-refractivity contribution in [3.05, 3.63) is 59.7 Å². The van der Waals surface area contributed by atoms with Crippen LogP contribution in [-0.4, -0.2) is 31.4 Å². The standard InChI is InChI=1S/C21H23ClF4O2/c1-20(2,15-4-8-17(9-5-15)27-13-3-12-22)16-6-10-18(11-7-16)28-14-19(23)21(24,25)26/h4-11,19H,3,12-14H2,1-2H3/t19-/m0/s1. The fourth-order valence-corrected chi connectivity index (χ4v) is 2.72. The maximum Gasteiger partial charge on any atom is 0.423 e. The molecule has 1 atom stereocenters. The van der Waals surface area contributed by atoms with Crippen molar-refractivity contribution in [3.63, 3.8) is 0 Å². The van der Waals surface area contributed by atoms with Crippen molar-refractivity contribution in [1.29, 1.82) is 0 Å². The molecule has 7 heteroatoms. The van der Waals surface area contributed by atoms with Crippen molar-refractivity contribution in [2.75, 3.05) is 19.1 Å². The molecule has 0 radical (unpaired) electrons. The van der Waals surface area contributed by atoms with Crippen LogP contribution in [-0.2, 0) is 5.41 Å². The van der Waals surface area contributed by atoms with E-state index in [0.717, 1.165) is 23.3 Å². The van der Waals surface area contributed by atoms with Crippen molar-refractivity contribution in [1.82, 2.24) is 0 Å². The molecule has 2 nitrogen and oxygen atoms in total. The van der Waals surface area contributed by atoms with Gasteiger partial charge in [-0.25, -0.2) is 4.39 Å². The third kappa shape index (κ3) is 6.03. The third-order valence-electron chi connectivity index (χ3n) is 4.45. The van der Waals surface area contributed by atoms with Gasteiger partial charge in [0.2, 0.25) is 6.17 Å². The number of hydrogen-bond donors (Lipinski definition) is 0. The largest absolute Gasteiger partial charge is 0.494 e. The third-order valence-corrected chi connectivity index (χ3v) is 4.72. The highest BCUT2D eigenvalue weighted by molar-refractivity contribution is 6.17. The zero-order valence-electron chi connectivity index (χ0n) is 15.7. The van der Waals surface area contributed by atoms with Crippen LogP contribution in [0.5, 0.6) is 11.5 Å². The molecule has 0 saturated carbocycles. The average molecular weight is 419 g/mol. The summed E-state index contributed by atoms with van der Waals surface area (Å²) in [5.41, 5.74) is 1.65. The Morgan fingerprint density at radius 2 is 1.32 bits per heavy atom. The number of halogens is 5. The lowest BCUT2D eigenvalue weighted by atomic mass is 9.78. The quantitative estimate of drug-likeness (QED) is 0.270. The number of ether oxygens (including phenoxy) is 2.